The second-order valence-electron chi connectivity index (χ2n) is 10.8. The number of hydrogen-bond acceptors (Lipinski definition) is 6. The number of ether oxygens (including phenoxy) is 2. The maximum Gasteiger partial charge on any atom is 0.272 e. The molecule has 0 saturated heterocycles. The van der Waals surface area contributed by atoms with Crippen LogP contribution in [-0.2, 0) is 9.59 Å². The summed E-state index contributed by atoms with van der Waals surface area (Å²) in [6.07, 6.45) is 1.56. The highest BCUT2D eigenvalue weighted by Gasteiger charge is 2.23. The Hall–Kier alpha value is -5.51. The Bertz CT molecular complexity index is 1970. The molecule has 10 heteroatoms. The largest absolute Gasteiger partial charge is 0.493 e. The van der Waals surface area contributed by atoms with Crippen molar-refractivity contribution in [2.45, 2.75) is 17.1 Å². The van der Waals surface area contributed by atoms with Gasteiger partial charge in [0.25, 0.3) is 11.8 Å². The van der Waals surface area contributed by atoms with Crippen LogP contribution in [-0.4, -0.2) is 31.9 Å². The second-order valence-corrected chi connectivity index (χ2v) is 12.4. The minimum absolute atomic E-state index is 0.0246. The number of thioether (sulfide) groups is 1. The lowest BCUT2D eigenvalue weighted by Crippen LogP contribution is -2.30. The van der Waals surface area contributed by atoms with Crippen LogP contribution in [0.15, 0.2) is 132 Å². The normalized spacial score (nSPS) is 11.6. The number of nitrogens with one attached hydrogen (secondary N) is 3. The second kappa shape index (κ2) is 16.5. The summed E-state index contributed by atoms with van der Waals surface area (Å²) in [6.45, 7) is 1.90. The van der Waals surface area contributed by atoms with Crippen LogP contribution in [0.1, 0.15) is 32.3 Å². The lowest BCUT2D eigenvalue weighted by molar-refractivity contribution is -0.116. The zero-order valence-corrected chi connectivity index (χ0v) is 28.6. The molecule has 3 N–H and O–H groups in total. The van der Waals surface area contributed by atoms with Crippen molar-refractivity contribution >= 4 is 58.5 Å². The predicted octanol–water partition coefficient (Wildman–Crippen LogP) is 8.55. The standard InChI is InChI=1S/C39H34ClN3O5S/c1-25-14-16-30(24-32(25)40)42-39(46)36(27-10-6-4-7-11-27)49-31-19-17-29(18-20-31)41-38(45)33(43-37(44)28-12-8-5-9-13-28)22-26-15-21-34(47-2)35(23-26)48-3/h4-24,36H,1-3H3,(H,41,45)(H,42,46)(H,43,44)/b33-22-. The van der Waals surface area contributed by atoms with Crippen molar-refractivity contribution in [1.29, 1.82) is 0 Å². The predicted molar refractivity (Wildman–Crippen MR) is 196 cm³/mol. The van der Waals surface area contributed by atoms with Crippen LogP contribution in [0.5, 0.6) is 11.5 Å². The smallest absolute Gasteiger partial charge is 0.272 e. The number of hydrogen-bond donors (Lipinski definition) is 3. The van der Waals surface area contributed by atoms with Crippen LogP contribution in [0.2, 0.25) is 5.02 Å². The number of amides is 3. The first-order chi connectivity index (χ1) is 23.7. The molecule has 0 aliphatic carbocycles. The fraction of sp³-hybridized carbons (Fsp3) is 0.103. The van der Waals surface area contributed by atoms with Gasteiger partial charge in [-0.05, 0) is 90.4 Å². The Kier molecular flexibility index (Phi) is 11.8. The summed E-state index contributed by atoms with van der Waals surface area (Å²) in [7, 11) is 3.06. The first-order valence-corrected chi connectivity index (χ1v) is 16.5. The number of methoxy groups -OCH3 is 2. The van der Waals surface area contributed by atoms with Crippen molar-refractivity contribution in [2.75, 3.05) is 24.9 Å². The maximum atomic E-state index is 13.6. The molecule has 0 fully saturated rings. The van der Waals surface area contributed by atoms with Crippen LogP contribution in [0.25, 0.3) is 6.08 Å². The molecular formula is C39H34ClN3O5S. The van der Waals surface area contributed by atoms with E-state index in [1.807, 2.05) is 61.5 Å². The average molecular weight is 692 g/mol. The molecule has 0 radical (unpaired) electrons. The first-order valence-electron chi connectivity index (χ1n) is 15.2. The Balaban J connectivity index is 1.35. The van der Waals surface area contributed by atoms with E-state index in [0.29, 0.717) is 39.0 Å². The number of aryl methyl sites for hydroxylation is 1. The van der Waals surface area contributed by atoms with Gasteiger partial charge in [0.15, 0.2) is 11.5 Å². The third-order valence-corrected chi connectivity index (χ3v) is 9.07. The van der Waals surface area contributed by atoms with E-state index in [-0.39, 0.29) is 11.6 Å². The van der Waals surface area contributed by atoms with Gasteiger partial charge in [-0.2, -0.15) is 0 Å². The Morgan fingerprint density at radius 2 is 1.39 bits per heavy atom. The molecule has 5 rings (SSSR count). The van der Waals surface area contributed by atoms with E-state index >= 15 is 0 Å². The molecule has 0 bridgehead atoms. The van der Waals surface area contributed by atoms with Gasteiger partial charge < -0.3 is 25.4 Å². The van der Waals surface area contributed by atoms with Gasteiger partial charge in [0.2, 0.25) is 5.91 Å². The Morgan fingerprint density at radius 1 is 0.735 bits per heavy atom. The number of carbonyl (C=O) groups excluding carboxylic acids is 3. The number of benzene rings is 5. The summed E-state index contributed by atoms with van der Waals surface area (Å²) in [4.78, 5) is 41.0. The van der Waals surface area contributed by atoms with Gasteiger partial charge >= 0.3 is 0 Å². The molecule has 0 aromatic heterocycles. The van der Waals surface area contributed by atoms with Crippen molar-refractivity contribution in [3.8, 4) is 11.5 Å². The van der Waals surface area contributed by atoms with Gasteiger partial charge in [-0.1, -0.05) is 72.3 Å². The molecule has 5 aromatic rings. The molecule has 0 heterocycles. The first kappa shape index (κ1) is 34.8. The van der Waals surface area contributed by atoms with E-state index in [4.69, 9.17) is 21.1 Å². The van der Waals surface area contributed by atoms with Crippen molar-refractivity contribution in [2.24, 2.45) is 0 Å². The van der Waals surface area contributed by atoms with Gasteiger partial charge in [-0.15, -0.1) is 11.8 Å². The molecular weight excluding hydrogens is 658 g/mol. The highest BCUT2D eigenvalue weighted by Crippen LogP contribution is 2.37. The Morgan fingerprint density at radius 3 is 2.04 bits per heavy atom. The molecule has 3 amide bonds. The van der Waals surface area contributed by atoms with Crippen LogP contribution < -0.4 is 25.4 Å². The van der Waals surface area contributed by atoms with E-state index in [1.54, 1.807) is 72.8 Å². The quantitative estimate of drug-likeness (QED) is 0.0895. The van der Waals surface area contributed by atoms with Gasteiger partial charge in [0, 0.05) is 26.9 Å². The monoisotopic (exact) mass is 691 g/mol. The molecule has 0 saturated carbocycles. The zero-order chi connectivity index (χ0) is 34.8. The van der Waals surface area contributed by atoms with Gasteiger partial charge in [-0.25, -0.2) is 0 Å². The summed E-state index contributed by atoms with van der Waals surface area (Å²) >= 11 is 7.67. The number of anilines is 2. The van der Waals surface area contributed by atoms with Gasteiger partial charge in [0.1, 0.15) is 10.9 Å². The zero-order valence-electron chi connectivity index (χ0n) is 27.0. The molecule has 0 spiro atoms. The summed E-state index contributed by atoms with van der Waals surface area (Å²) < 4.78 is 10.7. The maximum absolute atomic E-state index is 13.6. The fourth-order valence-electron chi connectivity index (χ4n) is 4.78. The van der Waals surface area contributed by atoms with Crippen LogP contribution in [0.3, 0.4) is 0 Å². The molecule has 49 heavy (non-hydrogen) atoms. The van der Waals surface area contributed by atoms with Gasteiger partial charge in [0.05, 0.1) is 14.2 Å². The van der Waals surface area contributed by atoms with Crippen LogP contribution in [0, 0.1) is 6.92 Å². The molecule has 5 aromatic carbocycles. The topological polar surface area (TPSA) is 106 Å². The molecule has 0 aliphatic rings. The highest BCUT2D eigenvalue weighted by atomic mass is 35.5. The lowest BCUT2D eigenvalue weighted by atomic mass is 10.1. The SMILES string of the molecule is COc1ccc(/C=C(\NC(=O)c2ccccc2)C(=O)Nc2ccc(SC(C(=O)Nc3ccc(C)c(Cl)c3)c3ccccc3)cc2)cc1OC. The molecule has 1 unspecified atom stereocenters. The van der Waals surface area contributed by atoms with E-state index < -0.39 is 17.1 Å². The highest BCUT2D eigenvalue weighted by molar-refractivity contribution is 8.00. The lowest BCUT2D eigenvalue weighted by Gasteiger charge is -2.18. The molecule has 1 atom stereocenters. The molecule has 0 aliphatic heterocycles. The summed E-state index contributed by atoms with van der Waals surface area (Å²) in [5.41, 5.74) is 3.89. The molecule has 248 valence electrons. The third kappa shape index (κ3) is 9.31. The van der Waals surface area contributed by atoms with E-state index in [2.05, 4.69) is 16.0 Å². The minimum Gasteiger partial charge on any atom is -0.493 e. The van der Waals surface area contributed by atoms with Crippen molar-refractivity contribution < 1.29 is 23.9 Å². The van der Waals surface area contributed by atoms with E-state index in [9.17, 15) is 14.4 Å². The number of rotatable bonds is 12. The number of halogens is 1. The van der Waals surface area contributed by atoms with Crippen LogP contribution in [0.4, 0.5) is 11.4 Å². The molecule has 8 nitrogen and oxygen atoms in total. The summed E-state index contributed by atoms with van der Waals surface area (Å²) in [6, 6.07) is 35.8. The summed E-state index contributed by atoms with van der Waals surface area (Å²) in [5, 5.41) is 8.60. The van der Waals surface area contributed by atoms with Crippen molar-refractivity contribution in [3.05, 3.63) is 154 Å². The van der Waals surface area contributed by atoms with Gasteiger partial charge in [-0.3, -0.25) is 14.4 Å². The van der Waals surface area contributed by atoms with Crippen molar-refractivity contribution in [3.63, 3.8) is 0 Å². The van der Waals surface area contributed by atoms with Crippen LogP contribution >= 0.6 is 23.4 Å². The average Bonchev–Trinajstić information content (AvgIpc) is 3.13. The number of carbonyl (C=O) groups is 3. The van der Waals surface area contributed by atoms with E-state index in [1.165, 1.54) is 26.0 Å². The third-order valence-electron chi connectivity index (χ3n) is 7.39. The minimum atomic E-state index is -0.564. The fourth-order valence-corrected chi connectivity index (χ4v) is 5.99. The Labute approximate surface area is 294 Å². The van der Waals surface area contributed by atoms with E-state index in [0.717, 1.165) is 16.0 Å². The summed E-state index contributed by atoms with van der Waals surface area (Å²) in [5.74, 6) is -0.162. The van der Waals surface area contributed by atoms with Crippen molar-refractivity contribution in [1.82, 2.24) is 5.32 Å².